The molecule has 14 aromatic carbocycles. The first-order valence-electron chi connectivity index (χ1n) is 39.9. The predicted molar refractivity (Wildman–Crippen MR) is 419 cm³/mol. The van der Waals surface area contributed by atoms with Crippen molar-refractivity contribution in [3.63, 3.8) is 0 Å². The molecule has 1 unspecified atom stereocenters. The smallest absolute Gasteiger partial charge is 0.252 e. The molecule has 0 saturated carbocycles. The van der Waals surface area contributed by atoms with Gasteiger partial charge >= 0.3 is 0 Å². The Morgan fingerprint density at radius 3 is 1.55 bits per heavy atom. The summed E-state index contributed by atoms with van der Waals surface area (Å²) in [4.78, 5) is 4.76. The lowest BCUT2D eigenvalue weighted by molar-refractivity contribution is 0.274. The van der Waals surface area contributed by atoms with Crippen LogP contribution in [-0.4, -0.2) is 11.3 Å². The Hall–Kier alpha value is -11.2. The molecule has 5 heteroatoms. The number of hydrogen-bond donors (Lipinski definition) is 0. The lowest BCUT2D eigenvalue weighted by atomic mass is 9.33. The molecule has 1 atom stereocenters. The number of aromatic nitrogens is 1. The van der Waals surface area contributed by atoms with Gasteiger partial charge in [-0.05, 0) is 179 Å². The number of nitrogens with zero attached hydrogens (tertiary/aromatic N) is 3. The van der Waals surface area contributed by atoms with E-state index in [1.165, 1.54) is 0 Å². The van der Waals surface area contributed by atoms with Crippen molar-refractivity contribution < 1.29 is 17.8 Å². The maximum atomic E-state index is 9.88. The van der Waals surface area contributed by atoms with Crippen LogP contribution < -0.4 is 26.2 Å². The molecule has 0 spiro atoms. The van der Waals surface area contributed by atoms with E-state index in [1.807, 2.05) is 72.8 Å². The van der Waals surface area contributed by atoms with Crippen LogP contribution in [0, 0.1) is 5.41 Å². The van der Waals surface area contributed by atoms with Crippen LogP contribution in [0.5, 0.6) is 0 Å². The van der Waals surface area contributed by atoms with E-state index in [-0.39, 0.29) is 39.5 Å². The molecule has 3 nitrogen and oxygen atoms in total. The van der Waals surface area contributed by atoms with Crippen molar-refractivity contribution in [1.29, 1.82) is 0 Å². The molecular formula is C93H70BN3S. The Balaban J connectivity index is 1.06. The molecule has 466 valence electrons. The summed E-state index contributed by atoms with van der Waals surface area (Å²) in [5.74, 6) is 0. The normalized spacial score (nSPS) is 16.5. The fraction of sp³-hybridized carbons (Fsp3) is 0.0968. The number of benzene rings is 14. The second-order valence-corrected chi connectivity index (χ2v) is 29.3. The third kappa shape index (κ3) is 8.75. The van der Waals surface area contributed by atoms with Crippen molar-refractivity contribution in [3.05, 3.63) is 337 Å². The van der Waals surface area contributed by atoms with Gasteiger partial charge in [0.2, 0.25) is 0 Å². The minimum absolute atomic E-state index is 0.0160. The first-order chi connectivity index (χ1) is 53.3. The van der Waals surface area contributed by atoms with E-state index in [2.05, 4.69) is 215 Å². The third-order valence-corrected chi connectivity index (χ3v) is 21.9. The average molecular weight is 1290 g/mol. The molecule has 0 amide bonds. The van der Waals surface area contributed by atoms with Crippen LogP contribution in [0.25, 0.3) is 103 Å². The molecule has 20 rings (SSSR count). The molecule has 6 heterocycles. The van der Waals surface area contributed by atoms with Crippen molar-refractivity contribution in [2.75, 3.05) is 9.80 Å². The van der Waals surface area contributed by atoms with Gasteiger partial charge in [-0.15, -0.1) is 11.3 Å². The summed E-state index contributed by atoms with van der Waals surface area (Å²) in [6.45, 7) is 13.0. The molecular weight excluding hydrogens is 1200 g/mol. The molecule has 0 aliphatic carbocycles. The summed E-state index contributed by atoms with van der Waals surface area (Å²) < 4.78 is 126. The maximum Gasteiger partial charge on any atom is 0.252 e. The largest absolute Gasteiger partial charge is 0.311 e. The number of hydrogen-bond acceptors (Lipinski definition) is 3. The SMILES string of the molecule is [2H]c1c([2H])c([2H])c(-c2ccc3c(c2)N(c2cc(-c4ccccc4)cc(-c4ccccc4)c2)c2cc4cc5c2B3c2ccc(-n3c6c([2H])c([2H])c([2H])c([2H])c6c6c([2H])c([2H])c([2H])c([2H])c63)cc2N5c2c(-c3ccccc3)cc(C(C)(C)C)cc2-c2ccc(cc2)C4(c2cccc3sc4ccccc4c23)C(C)(C)C)c([2H])c1[2H]. The van der Waals surface area contributed by atoms with Crippen LogP contribution in [0.2, 0.25) is 0 Å². The van der Waals surface area contributed by atoms with Gasteiger partial charge in [0.15, 0.2) is 0 Å². The van der Waals surface area contributed by atoms with Gasteiger partial charge in [-0.3, -0.25) is 0 Å². The van der Waals surface area contributed by atoms with E-state index >= 15 is 0 Å². The van der Waals surface area contributed by atoms with Crippen LogP contribution in [0.1, 0.15) is 81.6 Å². The topological polar surface area (TPSA) is 11.4 Å². The quantitative estimate of drug-likeness (QED) is 0.147. The molecule has 0 fully saturated rings. The van der Waals surface area contributed by atoms with Gasteiger partial charge in [-0.25, -0.2) is 0 Å². The first kappa shape index (κ1) is 46.0. The first-order valence-corrected chi connectivity index (χ1v) is 34.2. The van der Waals surface area contributed by atoms with Gasteiger partial charge in [0.05, 0.1) is 40.0 Å². The van der Waals surface area contributed by atoms with Gasteiger partial charge in [0.25, 0.3) is 6.71 Å². The minimum atomic E-state index is -1.06. The van der Waals surface area contributed by atoms with Crippen molar-refractivity contribution in [2.24, 2.45) is 5.41 Å². The average Bonchev–Trinajstić information content (AvgIpc) is 1.66. The molecule has 4 aliphatic heterocycles. The molecule has 2 aromatic heterocycles. The second-order valence-electron chi connectivity index (χ2n) is 28.2. The Kier molecular flexibility index (Phi) is 10.3. The van der Waals surface area contributed by atoms with Crippen LogP contribution in [0.4, 0.5) is 34.1 Å². The van der Waals surface area contributed by atoms with Gasteiger partial charge in [-0.1, -0.05) is 272 Å². The van der Waals surface area contributed by atoms with Crippen LogP contribution in [0.3, 0.4) is 0 Å². The van der Waals surface area contributed by atoms with E-state index in [0.717, 1.165) is 126 Å². The van der Waals surface area contributed by atoms with E-state index in [4.69, 9.17) is 6.85 Å². The summed E-state index contributed by atoms with van der Waals surface area (Å²) >= 11 is 1.77. The van der Waals surface area contributed by atoms with Crippen LogP contribution in [-0.2, 0) is 10.8 Å². The standard InChI is InChI=1S/C93H70BN3S/c1-91(2,3)68-54-75(62-32-17-10-18-33-62)90-76(55-68)63-42-45-67(46-43-63)93(92(4,5)6,77-37-25-41-87-88(77)74-36-21-24-40-86(74)98-87)69-56-84-89-85(57-69)97(90)83-58-70(95-80-38-22-19-34-72(80)73-35-20-23-39-81(73)95)47-49-79(83)94(89)78-48-44-64(59-26-11-7-12-27-59)53-82(78)96(84)71-51-65(60-28-13-8-14-29-60)50-66(52-71)61-30-15-9-16-31-61/h7-58H,1-6H3/i7D,11D,12D,19D,20D,22D,23D,26D,27D,34D,35D,38D,39D. The highest BCUT2D eigenvalue weighted by atomic mass is 32.1. The van der Waals surface area contributed by atoms with Crippen LogP contribution >= 0.6 is 11.3 Å². The van der Waals surface area contributed by atoms with Crippen LogP contribution in [0.15, 0.2) is 315 Å². The molecule has 4 bridgehead atoms. The van der Waals surface area contributed by atoms with Crippen molar-refractivity contribution in [3.8, 4) is 61.3 Å². The highest BCUT2D eigenvalue weighted by Crippen LogP contribution is 2.60. The van der Waals surface area contributed by atoms with Gasteiger partial charge in [-0.2, -0.15) is 0 Å². The van der Waals surface area contributed by atoms with E-state index in [9.17, 15) is 11.0 Å². The van der Waals surface area contributed by atoms with E-state index < -0.39 is 89.4 Å². The number of anilines is 6. The molecule has 0 radical (unpaired) electrons. The Labute approximate surface area is 596 Å². The fourth-order valence-corrected chi connectivity index (χ4v) is 17.6. The summed E-state index contributed by atoms with van der Waals surface area (Å²) in [5.41, 5.74) is 17.3. The maximum absolute atomic E-state index is 9.88. The minimum Gasteiger partial charge on any atom is -0.311 e. The number of rotatable bonds is 7. The number of fused-ring (bicyclic) bond motifs is 12. The van der Waals surface area contributed by atoms with Gasteiger partial charge in [0.1, 0.15) is 0 Å². The lowest BCUT2D eigenvalue weighted by Crippen LogP contribution is -2.61. The van der Waals surface area contributed by atoms with Gasteiger partial charge < -0.3 is 14.4 Å². The second kappa shape index (κ2) is 21.9. The summed E-state index contributed by atoms with van der Waals surface area (Å²) in [6, 6.07) is 77.8. The summed E-state index contributed by atoms with van der Waals surface area (Å²) in [6.07, 6.45) is 0. The molecule has 98 heavy (non-hydrogen) atoms. The molecule has 0 N–H and O–H groups in total. The fourth-order valence-electron chi connectivity index (χ4n) is 16.5. The highest BCUT2D eigenvalue weighted by Gasteiger charge is 2.52. The third-order valence-electron chi connectivity index (χ3n) is 20.8. The predicted octanol–water partition coefficient (Wildman–Crippen LogP) is 23.6. The molecule has 0 saturated heterocycles. The van der Waals surface area contributed by atoms with E-state index in [0.29, 0.717) is 22.6 Å². The number of thiophene rings is 1. The lowest BCUT2D eigenvalue weighted by Gasteiger charge is -2.50. The van der Waals surface area contributed by atoms with Crippen molar-refractivity contribution >= 4 is 111 Å². The Bertz CT molecular complexity index is 6560. The molecule has 16 aromatic rings. The molecule has 4 aliphatic rings. The number of para-hydroxylation sites is 2. The Morgan fingerprint density at radius 1 is 0.378 bits per heavy atom. The zero-order valence-electron chi connectivity index (χ0n) is 67.8. The summed E-state index contributed by atoms with van der Waals surface area (Å²) in [7, 11) is 0. The summed E-state index contributed by atoms with van der Waals surface area (Å²) in [5, 5.41) is 2.17. The zero-order valence-corrected chi connectivity index (χ0v) is 55.7. The van der Waals surface area contributed by atoms with Crippen molar-refractivity contribution in [2.45, 2.75) is 52.4 Å². The van der Waals surface area contributed by atoms with E-state index in [1.54, 1.807) is 15.9 Å². The van der Waals surface area contributed by atoms with Gasteiger partial charge in [0, 0.05) is 76.2 Å². The zero-order chi connectivity index (χ0) is 77.1. The van der Waals surface area contributed by atoms with Crippen molar-refractivity contribution in [1.82, 2.24) is 4.57 Å². The Morgan fingerprint density at radius 2 is 0.918 bits per heavy atom. The monoisotopic (exact) mass is 1280 g/mol. The highest BCUT2D eigenvalue weighted by molar-refractivity contribution is 7.25.